The van der Waals surface area contributed by atoms with Gasteiger partial charge in [-0.15, -0.1) is 0 Å². The topological polar surface area (TPSA) is 37.9 Å². The molecule has 0 spiro atoms. The first-order valence-corrected chi connectivity index (χ1v) is 12.9. The fourth-order valence-corrected chi connectivity index (χ4v) is 6.18. The average Bonchev–Trinajstić information content (AvgIpc) is 3.01. The molecule has 2 aliphatic carbocycles. The minimum Gasteiger partial charge on any atom is -0.327 e. The Morgan fingerprint density at radius 2 is 1.70 bits per heavy atom. The number of carbonyl (C=O) groups excluding carboxylic acids is 1. The van der Waals surface area contributed by atoms with Crippen LogP contribution in [0.5, 0.6) is 0 Å². The summed E-state index contributed by atoms with van der Waals surface area (Å²) in [4.78, 5) is 16.1. The molecule has 1 aromatic heterocycles. The zero-order chi connectivity index (χ0) is 21.3. The van der Waals surface area contributed by atoms with E-state index in [-0.39, 0.29) is 11.3 Å². The Hall–Kier alpha value is -1.32. The average molecular weight is 414 g/mol. The highest BCUT2D eigenvalue weighted by Crippen LogP contribution is 2.46. The van der Waals surface area contributed by atoms with Crippen LogP contribution in [0.15, 0.2) is 0 Å². The summed E-state index contributed by atoms with van der Waals surface area (Å²) in [7, 11) is 0. The quantitative estimate of drug-likeness (QED) is 0.395. The summed E-state index contributed by atoms with van der Waals surface area (Å²) in [5.41, 5.74) is 3.65. The molecule has 4 nitrogen and oxygen atoms in total. The molecular weight excluding hydrogens is 370 g/mol. The maximum absolute atomic E-state index is 13.9. The lowest BCUT2D eigenvalue weighted by Gasteiger charge is -2.18. The lowest BCUT2D eigenvalue weighted by Crippen LogP contribution is -2.24. The molecule has 1 saturated carbocycles. The minimum absolute atomic E-state index is 0.134. The molecule has 2 heterocycles. The van der Waals surface area contributed by atoms with Gasteiger partial charge < -0.3 is 4.90 Å². The molecule has 0 radical (unpaired) electrons. The Morgan fingerprint density at radius 3 is 2.37 bits per heavy atom. The van der Waals surface area contributed by atoms with Gasteiger partial charge in [0, 0.05) is 11.3 Å². The van der Waals surface area contributed by atoms with Crippen molar-refractivity contribution in [1.29, 1.82) is 0 Å². The van der Waals surface area contributed by atoms with E-state index in [1.54, 1.807) is 0 Å². The summed E-state index contributed by atoms with van der Waals surface area (Å²) in [6, 6.07) is 1.29. The van der Waals surface area contributed by atoms with Crippen LogP contribution in [0.4, 0.5) is 0 Å². The van der Waals surface area contributed by atoms with Crippen LogP contribution in [0, 0.1) is 5.41 Å². The number of hydrogen-bond acceptors (Lipinski definition) is 2. The van der Waals surface area contributed by atoms with E-state index in [9.17, 15) is 4.79 Å². The third kappa shape index (κ3) is 4.34. The molecule has 1 amide bonds. The van der Waals surface area contributed by atoms with Crippen LogP contribution in [-0.4, -0.2) is 32.7 Å². The van der Waals surface area contributed by atoms with Crippen LogP contribution in [0.25, 0.3) is 0 Å². The minimum atomic E-state index is 0.134. The molecule has 2 fully saturated rings. The number of aromatic nitrogens is 2. The van der Waals surface area contributed by atoms with E-state index >= 15 is 0 Å². The van der Waals surface area contributed by atoms with Gasteiger partial charge >= 0.3 is 0 Å². The summed E-state index contributed by atoms with van der Waals surface area (Å²) in [5.74, 6) is 0.227. The van der Waals surface area contributed by atoms with Gasteiger partial charge in [0.15, 0.2) is 5.69 Å². The third-order valence-electron chi connectivity index (χ3n) is 7.74. The molecule has 168 valence electrons. The van der Waals surface area contributed by atoms with Crippen LogP contribution in [-0.2, 0) is 12.8 Å². The molecule has 4 rings (SSSR count). The van der Waals surface area contributed by atoms with Crippen LogP contribution in [0.1, 0.15) is 133 Å². The molecule has 1 aliphatic heterocycles. The van der Waals surface area contributed by atoms with Crippen molar-refractivity contribution in [3.63, 3.8) is 0 Å². The van der Waals surface area contributed by atoms with Crippen molar-refractivity contribution in [2.24, 2.45) is 5.41 Å². The van der Waals surface area contributed by atoms with Gasteiger partial charge in [-0.2, -0.15) is 5.10 Å². The lowest BCUT2D eigenvalue weighted by atomic mass is 9.89. The SMILES string of the molecule is CCCCCC1[C@H](C(C)(C)C)N1C(=O)c1nn(C2CCCC2)c2c1CCCCCC2. The van der Waals surface area contributed by atoms with Gasteiger partial charge in [-0.1, -0.05) is 72.6 Å². The van der Waals surface area contributed by atoms with Crippen LogP contribution in [0.3, 0.4) is 0 Å². The fourth-order valence-electron chi connectivity index (χ4n) is 6.18. The number of unbranched alkanes of at least 4 members (excludes halogenated alkanes) is 2. The van der Waals surface area contributed by atoms with Crippen molar-refractivity contribution in [3.05, 3.63) is 17.0 Å². The van der Waals surface area contributed by atoms with E-state index in [1.165, 1.54) is 81.9 Å². The van der Waals surface area contributed by atoms with Crippen LogP contribution >= 0.6 is 0 Å². The maximum atomic E-state index is 13.9. The normalized spacial score (nSPS) is 25.1. The second-order valence-corrected chi connectivity index (χ2v) is 11.2. The summed E-state index contributed by atoms with van der Waals surface area (Å²) >= 11 is 0. The Labute approximate surface area is 183 Å². The molecule has 3 aliphatic rings. The highest BCUT2D eigenvalue weighted by atomic mass is 16.2. The first-order chi connectivity index (χ1) is 14.4. The van der Waals surface area contributed by atoms with Crippen molar-refractivity contribution in [2.45, 2.75) is 136 Å². The Bertz CT molecular complexity index is 738. The summed E-state index contributed by atoms with van der Waals surface area (Å²) in [5, 5.41) is 5.09. The fraction of sp³-hybridized carbons (Fsp3) is 0.846. The van der Waals surface area contributed by atoms with Crippen molar-refractivity contribution in [3.8, 4) is 0 Å². The second kappa shape index (κ2) is 9.04. The van der Waals surface area contributed by atoms with E-state index in [2.05, 4.69) is 37.3 Å². The lowest BCUT2D eigenvalue weighted by molar-refractivity contribution is 0.0839. The predicted octanol–water partition coefficient (Wildman–Crippen LogP) is 6.48. The van der Waals surface area contributed by atoms with Gasteiger partial charge in [-0.3, -0.25) is 9.48 Å². The first kappa shape index (κ1) is 21.9. The molecule has 1 saturated heterocycles. The molecule has 4 heteroatoms. The monoisotopic (exact) mass is 413 g/mol. The Morgan fingerprint density at radius 1 is 1.00 bits per heavy atom. The number of hydrogen-bond donors (Lipinski definition) is 0. The van der Waals surface area contributed by atoms with Gasteiger partial charge in [0.2, 0.25) is 0 Å². The van der Waals surface area contributed by atoms with E-state index < -0.39 is 0 Å². The zero-order valence-corrected chi connectivity index (χ0v) is 19.9. The smallest absolute Gasteiger partial charge is 0.275 e. The first-order valence-electron chi connectivity index (χ1n) is 12.9. The van der Waals surface area contributed by atoms with Gasteiger partial charge in [-0.05, 0) is 50.4 Å². The third-order valence-corrected chi connectivity index (χ3v) is 7.74. The van der Waals surface area contributed by atoms with E-state index in [0.29, 0.717) is 18.1 Å². The molecule has 30 heavy (non-hydrogen) atoms. The predicted molar refractivity (Wildman–Crippen MR) is 123 cm³/mol. The number of fused-ring (bicyclic) bond motifs is 1. The standard InChI is InChI=1S/C26H43N3O/c1-5-6-9-18-22-24(26(2,3)4)28(22)25(30)23-20-16-10-7-8-11-17-21(20)29(27-23)19-14-12-13-15-19/h19,22,24H,5-18H2,1-4H3/t22?,24-,28?/m1/s1. The second-order valence-electron chi connectivity index (χ2n) is 11.2. The number of nitrogens with zero attached hydrogens (tertiary/aromatic N) is 3. The van der Waals surface area contributed by atoms with Gasteiger partial charge in [0.05, 0.1) is 18.1 Å². The van der Waals surface area contributed by atoms with Crippen LogP contribution in [0.2, 0.25) is 0 Å². The molecule has 0 aromatic carbocycles. The zero-order valence-electron chi connectivity index (χ0n) is 19.9. The van der Waals surface area contributed by atoms with Crippen molar-refractivity contribution in [2.75, 3.05) is 0 Å². The molecule has 1 aromatic rings. The van der Waals surface area contributed by atoms with Gasteiger partial charge in [-0.25, -0.2) is 0 Å². The highest BCUT2D eigenvalue weighted by molar-refractivity contribution is 5.96. The summed E-state index contributed by atoms with van der Waals surface area (Å²) in [6.45, 7) is 9.13. The number of amides is 1. The molecular formula is C26H43N3O. The molecule has 0 N–H and O–H groups in total. The maximum Gasteiger partial charge on any atom is 0.275 e. The Kier molecular flexibility index (Phi) is 6.60. The number of rotatable bonds is 6. The summed E-state index contributed by atoms with van der Waals surface area (Å²) in [6.07, 6.45) is 17.1. The van der Waals surface area contributed by atoms with Gasteiger partial charge in [0.25, 0.3) is 5.91 Å². The van der Waals surface area contributed by atoms with Crippen molar-refractivity contribution < 1.29 is 4.79 Å². The largest absolute Gasteiger partial charge is 0.327 e. The van der Waals surface area contributed by atoms with Crippen molar-refractivity contribution >= 4 is 5.91 Å². The summed E-state index contributed by atoms with van der Waals surface area (Å²) < 4.78 is 2.32. The van der Waals surface area contributed by atoms with E-state index in [4.69, 9.17) is 5.10 Å². The van der Waals surface area contributed by atoms with E-state index in [0.717, 1.165) is 25.0 Å². The van der Waals surface area contributed by atoms with Crippen LogP contribution < -0.4 is 0 Å². The highest BCUT2D eigenvalue weighted by Gasteiger charge is 2.56. The molecule has 1 unspecified atom stereocenters. The Balaban J connectivity index is 1.63. The molecule has 2 atom stereocenters. The van der Waals surface area contributed by atoms with Gasteiger partial charge in [0.1, 0.15) is 0 Å². The van der Waals surface area contributed by atoms with Crippen molar-refractivity contribution in [1.82, 2.24) is 14.7 Å². The number of carbonyl (C=O) groups is 1. The van der Waals surface area contributed by atoms with E-state index in [1.807, 2.05) is 0 Å². The molecule has 0 bridgehead atoms.